The smallest absolute Gasteiger partial charge is 0.0982 e. The Morgan fingerprint density at radius 2 is 2.23 bits per heavy atom. The van der Waals surface area contributed by atoms with Crippen molar-refractivity contribution >= 4 is 0 Å². The van der Waals surface area contributed by atoms with Crippen LogP contribution in [0.15, 0.2) is 0 Å². The molecule has 1 heterocycles. The van der Waals surface area contributed by atoms with Crippen molar-refractivity contribution in [2.24, 2.45) is 5.73 Å². The molecule has 2 N–H and O–H groups in total. The third-order valence-corrected chi connectivity index (χ3v) is 1.94. The first-order chi connectivity index (χ1) is 6.20. The van der Waals surface area contributed by atoms with Gasteiger partial charge in [0.05, 0.1) is 44.7 Å². The monoisotopic (exact) mass is 189 g/mol. The van der Waals surface area contributed by atoms with E-state index in [1.807, 2.05) is 13.8 Å². The van der Waals surface area contributed by atoms with E-state index in [-0.39, 0.29) is 18.2 Å². The molecule has 0 spiro atoms. The number of nitrogens with two attached hydrogens (primary N) is 1. The van der Waals surface area contributed by atoms with Gasteiger partial charge in [-0.1, -0.05) is 0 Å². The Labute approximate surface area is 79.3 Å². The number of rotatable bonds is 4. The fraction of sp³-hybridized carbons (Fsp3) is 1.00. The van der Waals surface area contributed by atoms with Gasteiger partial charge in [-0.2, -0.15) is 0 Å². The highest BCUT2D eigenvalue weighted by atomic mass is 16.6. The largest absolute Gasteiger partial charge is 0.377 e. The molecule has 4 heteroatoms. The second-order valence-corrected chi connectivity index (χ2v) is 3.53. The van der Waals surface area contributed by atoms with Crippen LogP contribution < -0.4 is 5.73 Å². The molecule has 1 fully saturated rings. The molecule has 1 rings (SSSR count). The van der Waals surface area contributed by atoms with Crippen LogP contribution in [0.3, 0.4) is 0 Å². The van der Waals surface area contributed by atoms with Crippen LogP contribution in [0.1, 0.15) is 13.8 Å². The second-order valence-electron chi connectivity index (χ2n) is 3.53. The lowest BCUT2D eigenvalue weighted by molar-refractivity contribution is -0.107. The van der Waals surface area contributed by atoms with Gasteiger partial charge in [0, 0.05) is 0 Å². The first-order valence-corrected chi connectivity index (χ1v) is 4.76. The van der Waals surface area contributed by atoms with Crippen LogP contribution in [0.25, 0.3) is 0 Å². The lowest BCUT2D eigenvalue weighted by atomic mass is 10.2. The number of hydrogen-bond acceptors (Lipinski definition) is 4. The molecule has 0 bridgehead atoms. The fourth-order valence-electron chi connectivity index (χ4n) is 1.16. The van der Waals surface area contributed by atoms with Crippen LogP contribution in [0, 0.1) is 0 Å². The molecule has 78 valence electrons. The molecule has 0 aromatic heterocycles. The molecule has 1 aliphatic rings. The predicted molar refractivity (Wildman–Crippen MR) is 49.6 cm³/mol. The summed E-state index contributed by atoms with van der Waals surface area (Å²) in [5.41, 5.74) is 5.87. The number of ether oxygens (including phenoxy) is 3. The zero-order valence-electron chi connectivity index (χ0n) is 8.36. The minimum Gasteiger partial charge on any atom is -0.377 e. The number of hydrogen-bond donors (Lipinski definition) is 1. The van der Waals surface area contributed by atoms with Crippen LogP contribution in [0.2, 0.25) is 0 Å². The molecule has 2 unspecified atom stereocenters. The SMILES string of the molecule is CC(C)OCC(N)C1COCCO1. The van der Waals surface area contributed by atoms with E-state index >= 15 is 0 Å². The Hall–Kier alpha value is -0.160. The van der Waals surface area contributed by atoms with Gasteiger partial charge in [-0.3, -0.25) is 0 Å². The van der Waals surface area contributed by atoms with Gasteiger partial charge in [0.2, 0.25) is 0 Å². The van der Waals surface area contributed by atoms with Crippen molar-refractivity contribution in [2.75, 3.05) is 26.4 Å². The highest BCUT2D eigenvalue weighted by Gasteiger charge is 2.22. The van der Waals surface area contributed by atoms with Crippen molar-refractivity contribution in [1.82, 2.24) is 0 Å². The molecular weight excluding hydrogens is 170 g/mol. The van der Waals surface area contributed by atoms with Crippen LogP contribution in [-0.2, 0) is 14.2 Å². The summed E-state index contributed by atoms with van der Waals surface area (Å²) in [7, 11) is 0. The molecule has 13 heavy (non-hydrogen) atoms. The third-order valence-electron chi connectivity index (χ3n) is 1.94. The summed E-state index contributed by atoms with van der Waals surface area (Å²) < 4.78 is 16.1. The van der Waals surface area contributed by atoms with Crippen molar-refractivity contribution < 1.29 is 14.2 Å². The summed E-state index contributed by atoms with van der Waals surface area (Å²) in [6.07, 6.45) is 0.211. The highest BCUT2D eigenvalue weighted by Crippen LogP contribution is 2.05. The van der Waals surface area contributed by atoms with Crippen molar-refractivity contribution in [2.45, 2.75) is 32.1 Å². The molecule has 0 radical (unpaired) electrons. The van der Waals surface area contributed by atoms with Gasteiger partial charge in [0.1, 0.15) is 0 Å². The summed E-state index contributed by atoms with van der Waals surface area (Å²) in [4.78, 5) is 0. The Kier molecular flexibility index (Phi) is 4.66. The van der Waals surface area contributed by atoms with E-state index < -0.39 is 0 Å². The van der Waals surface area contributed by atoms with Crippen molar-refractivity contribution in [3.63, 3.8) is 0 Å². The molecule has 2 atom stereocenters. The standard InChI is InChI=1S/C9H19NO3/c1-7(2)13-5-8(10)9-6-11-3-4-12-9/h7-9H,3-6,10H2,1-2H3. The maximum absolute atomic E-state index is 5.87. The minimum atomic E-state index is -0.0808. The maximum atomic E-state index is 5.87. The molecule has 1 aliphatic heterocycles. The van der Waals surface area contributed by atoms with E-state index in [1.165, 1.54) is 0 Å². The molecule has 0 aromatic carbocycles. The first kappa shape index (κ1) is 10.9. The molecule has 0 saturated carbocycles. The van der Waals surface area contributed by atoms with Gasteiger partial charge in [0.15, 0.2) is 0 Å². The van der Waals surface area contributed by atoms with Crippen LogP contribution in [-0.4, -0.2) is 44.7 Å². The summed E-state index contributed by atoms with van der Waals surface area (Å²) in [5, 5.41) is 0. The van der Waals surface area contributed by atoms with Crippen LogP contribution in [0.5, 0.6) is 0 Å². The summed E-state index contributed by atoms with van der Waals surface area (Å²) in [6, 6.07) is -0.0808. The fourth-order valence-corrected chi connectivity index (χ4v) is 1.16. The van der Waals surface area contributed by atoms with Gasteiger partial charge >= 0.3 is 0 Å². The van der Waals surface area contributed by atoms with Crippen molar-refractivity contribution in [3.05, 3.63) is 0 Å². The van der Waals surface area contributed by atoms with Gasteiger partial charge < -0.3 is 19.9 Å². The Morgan fingerprint density at radius 3 is 2.77 bits per heavy atom. The van der Waals surface area contributed by atoms with E-state index in [9.17, 15) is 0 Å². The Balaban J connectivity index is 2.17. The quantitative estimate of drug-likeness (QED) is 0.684. The summed E-state index contributed by atoms with van der Waals surface area (Å²) in [5.74, 6) is 0. The van der Waals surface area contributed by atoms with E-state index in [2.05, 4.69) is 0 Å². The van der Waals surface area contributed by atoms with Crippen LogP contribution >= 0.6 is 0 Å². The minimum absolute atomic E-state index is 0.00694. The van der Waals surface area contributed by atoms with Gasteiger partial charge in [-0.15, -0.1) is 0 Å². The average Bonchev–Trinajstić information content (AvgIpc) is 2.15. The first-order valence-electron chi connectivity index (χ1n) is 4.76. The van der Waals surface area contributed by atoms with Crippen molar-refractivity contribution in [3.8, 4) is 0 Å². The summed E-state index contributed by atoms with van der Waals surface area (Å²) in [6.45, 7) is 6.42. The topological polar surface area (TPSA) is 53.7 Å². The van der Waals surface area contributed by atoms with Crippen LogP contribution in [0.4, 0.5) is 0 Å². The van der Waals surface area contributed by atoms with Gasteiger partial charge in [-0.25, -0.2) is 0 Å². The molecule has 1 saturated heterocycles. The lowest BCUT2D eigenvalue weighted by Crippen LogP contribution is -2.46. The van der Waals surface area contributed by atoms with E-state index in [4.69, 9.17) is 19.9 Å². The molecule has 0 aromatic rings. The predicted octanol–water partition coefficient (Wildman–Crippen LogP) is 0.154. The maximum Gasteiger partial charge on any atom is 0.0982 e. The van der Waals surface area contributed by atoms with E-state index in [0.29, 0.717) is 26.4 Å². The highest BCUT2D eigenvalue weighted by molar-refractivity contribution is 4.74. The second kappa shape index (κ2) is 5.54. The van der Waals surface area contributed by atoms with Crippen molar-refractivity contribution in [1.29, 1.82) is 0 Å². The van der Waals surface area contributed by atoms with E-state index in [1.54, 1.807) is 0 Å². The molecule has 4 nitrogen and oxygen atoms in total. The van der Waals surface area contributed by atoms with Gasteiger partial charge in [-0.05, 0) is 13.8 Å². The zero-order valence-corrected chi connectivity index (χ0v) is 8.36. The Morgan fingerprint density at radius 1 is 1.46 bits per heavy atom. The zero-order chi connectivity index (χ0) is 9.68. The summed E-state index contributed by atoms with van der Waals surface area (Å²) >= 11 is 0. The third kappa shape index (κ3) is 4.04. The average molecular weight is 189 g/mol. The van der Waals surface area contributed by atoms with Gasteiger partial charge in [0.25, 0.3) is 0 Å². The lowest BCUT2D eigenvalue weighted by Gasteiger charge is -2.28. The molecule has 0 aliphatic carbocycles. The van der Waals surface area contributed by atoms with E-state index in [0.717, 1.165) is 0 Å². The molecular formula is C9H19NO3. The Bertz CT molecular complexity index is 135. The molecule has 0 amide bonds. The normalized spacial score (nSPS) is 26.3.